The van der Waals surface area contributed by atoms with E-state index >= 15 is 0 Å². The first-order chi connectivity index (χ1) is 7.72. The van der Waals surface area contributed by atoms with Crippen LogP contribution >= 0.6 is 23.1 Å². The summed E-state index contributed by atoms with van der Waals surface area (Å²) < 4.78 is 4.32. The first kappa shape index (κ1) is 12.1. The maximum atomic E-state index is 6.38. The minimum atomic E-state index is 0.257. The molecule has 1 fully saturated rings. The molecule has 1 saturated carbocycles. The highest BCUT2D eigenvalue weighted by Gasteiger charge is 2.28. The topological polar surface area (TPSA) is 29.0 Å². The lowest BCUT2D eigenvalue weighted by atomic mass is 9.94. The highest BCUT2D eigenvalue weighted by atomic mass is 35.5. The summed E-state index contributed by atoms with van der Waals surface area (Å²) in [5.41, 5.74) is 0. The zero-order chi connectivity index (χ0) is 11.5. The van der Waals surface area contributed by atoms with Crippen LogP contribution in [0.25, 0.3) is 0 Å². The number of nitrogens with zero attached hydrogens (tertiary/aromatic N) is 3. The molecule has 0 radical (unpaired) electrons. The highest BCUT2D eigenvalue weighted by molar-refractivity contribution is 7.09. The molecule has 0 aromatic carbocycles. The average molecular weight is 260 g/mol. The van der Waals surface area contributed by atoms with E-state index in [-0.39, 0.29) is 5.38 Å². The summed E-state index contributed by atoms with van der Waals surface area (Å²) >= 11 is 7.87. The molecule has 0 saturated heterocycles. The SMILES string of the molecule is CCc1nsc(N(C)C2CCCCC2Cl)n1. The third-order valence-electron chi connectivity index (χ3n) is 3.22. The molecule has 0 amide bonds. The fourth-order valence-corrected chi connectivity index (χ4v) is 3.39. The normalized spacial score (nSPS) is 25.7. The summed E-state index contributed by atoms with van der Waals surface area (Å²) in [5, 5.41) is 1.27. The predicted molar refractivity (Wildman–Crippen MR) is 69.6 cm³/mol. The summed E-state index contributed by atoms with van der Waals surface area (Å²) in [6.07, 6.45) is 5.73. The number of halogens is 1. The number of alkyl halides is 1. The van der Waals surface area contributed by atoms with Gasteiger partial charge in [-0.1, -0.05) is 19.8 Å². The Kier molecular flexibility index (Phi) is 4.03. The molecule has 2 rings (SSSR count). The van der Waals surface area contributed by atoms with Crippen LogP contribution in [0.4, 0.5) is 5.13 Å². The number of rotatable bonds is 3. The fourth-order valence-electron chi connectivity index (χ4n) is 2.18. The Hall–Kier alpha value is -0.350. The van der Waals surface area contributed by atoms with Gasteiger partial charge in [0.1, 0.15) is 5.82 Å². The molecule has 16 heavy (non-hydrogen) atoms. The van der Waals surface area contributed by atoms with Gasteiger partial charge in [-0.3, -0.25) is 0 Å². The monoisotopic (exact) mass is 259 g/mol. The maximum absolute atomic E-state index is 6.38. The molecule has 3 nitrogen and oxygen atoms in total. The van der Waals surface area contributed by atoms with Crippen LogP contribution in [0.2, 0.25) is 0 Å². The molecular weight excluding hydrogens is 242 g/mol. The van der Waals surface area contributed by atoms with Crippen LogP contribution in [0.1, 0.15) is 38.4 Å². The van der Waals surface area contributed by atoms with E-state index in [2.05, 4.69) is 28.2 Å². The molecule has 1 aliphatic carbocycles. The van der Waals surface area contributed by atoms with Crippen molar-refractivity contribution in [2.24, 2.45) is 0 Å². The van der Waals surface area contributed by atoms with Crippen molar-refractivity contribution in [1.29, 1.82) is 0 Å². The number of anilines is 1. The first-order valence-electron chi connectivity index (χ1n) is 5.92. The van der Waals surface area contributed by atoms with Crippen molar-refractivity contribution in [2.45, 2.75) is 50.4 Å². The Morgan fingerprint density at radius 3 is 2.81 bits per heavy atom. The van der Waals surface area contributed by atoms with Crippen LogP contribution in [0.5, 0.6) is 0 Å². The molecule has 0 spiro atoms. The van der Waals surface area contributed by atoms with Crippen molar-refractivity contribution >= 4 is 28.3 Å². The molecule has 1 heterocycles. The van der Waals surface area contributed by atoms with E-state index in [0.717, 1.165) is 23.8 Å². The van der Waals surface area contributed by atoms with Gasteiger partial charge >= 0.3 is 0 Å². The Labute approximate surface area is 106 Å². The molecule has 0 N–H and O–H groups in total. The van der Waals surface area contributed by atoms with E-state index in [0.29, 0.717) is 6.04 Å². The third-order valence-corrected chi connectivity index (χ3v) is 4.57. The van der Waals surface area contributed by atoms with Gasteiger partial charge in [-0.25, -0.2) is 4.98 Å². The maximum Gasteiger partial charge on any atom is 0.205 e. The van der Waals surface area contributed by atoms with Gasteiger partial charge in [0.05, 0.1) is 5.38 Å². The van der Waals surface area contributed by atoms with Gasteiger partial charge in [-0.2, -0.15) is 4.37 Å². The average Bonchev–Trinajstić information content (AvgIpc) is 2.77. The summed E-state index contributed by atoms with van der Waals surface area (Å²) in [5.74, 6) is 0.939. The van der Waals surface area contributed by atoms with Gasteiger partial charge in [-0.05, 0) is 12.8 Å². The predicted octanol–water partition coefficient (Wildman–Crippen LogP) is 3.09. The molecule has 5 heteroatoms. The number of aryl methyl sites for hydroxylation is 1. The minimum absolute atomic E-state index is 0.257. The fraction of sp³-hybridized carbons (Fsp3) is 0.818. The van der Waals surface area contributed by atoms with Crippen molar-refractivity contribution in [3.8, 4) is 0 Å². The summed E-state index contributed by atoms with van der Waals surface area (Å²) in [7, 11) is 2.09. The van der Waals surface area contributed by atoms with Gasteiger partial charge in [0.15, 0.2) is 0 Å². The van der Waals surface area contributed by atoms with Crippen LogP contribution in [-0.2, 0) is 6.42 Å². The lowest BCUT2D eigenvalue weighted by molar-refractivity contribution is 0.434. The molecule has 0 bridgehead atoms. The van der Waals surface area contributed by atoms with Crippen LogP contribution in [0, 0.1) is 0 Å². The number of aromatic nitrogens is 2. The lowest BCUT2D eigenvalue weighted by Gasteiger charge is -2.34. The Balaban J connectivity index is 2.07. The second-order valence-corrected chi connectivity index (χ2v) is 5.62. The molecule has 0 aliphatic heterocycles. The smallest absolute Gasteiger partial charge is 0.205 e. The van der Waals surface area contributed by atoms with E-state index in [1.54, 1.807) is 0 Å². The van der Waals surface area contributed by atoms with E-state index in [1.807, 2.05) is 0 Å². The number of hydrogen-bond donors (Lipinski definition) is 0. The van der Waals surface area contributed by atoms with E-state index in [9.17, 15) is 0 Å². The van der Waals surface area contributed by atoms with Gasteiger partial charge in [0.2, 0.25) is 5.13 Å². The molecule has 2 atom stereocenters. The summed E-state index contributed by atoms with van der Waals surface area (Å²) in [6, 6.07) is 0.424. The molecule has 2 unspecified atom stereocenters. The van der Waals surface area contributed by atoms with E-state index in [4.69, 9.17) is 11.6 Å². The minimum Gasteiger partial charge on any atom is -0.345 e. The zero-order valence-corrected chi connectivity index (χ0v) is 11.4. The summed E-state index contributed by atoms with van der Waals surface area (Å²) in [6.45, 7) is 2.08. The van der Waals surface area contributed by atoms with Crippen molar-refractivity contribution < 1.29 is 0 Å². The quantitative estimate of drug-likeness (QED) is 0.782. The number of hydrogen-bond acceptors (Lipinski definition) is 4. The van der Waals surface area contributed by atoms with E-state index in [1.165, 1.54) is 30.8 Å². The van der Waals surface area contributed by atoms with Gasteiger partial charge < -0.3 is 4.90 Å². The van der Waals surface area contributed by atoms with Crippen molar-refractivity contribution in [1.82, 2.24) is 9.36 Å². The Morgan fingerprint density at radius 1 is 1.44 bits per heavy atom. The van der Waals surface area contributed by atoms with Crippen molar-refractivity contribution in [3.05, 3.63) is 5.82 Å². The van der Waals surface area contributed by atoms with Crippen LogP contribution < -0.4 is 4.90 Å². The Morgan fingerprint density at radius 2 is 2.19 bits per heavy atom. The molecule has 1 aliphatic rings. The van der Waals surface area contributed by atoms with Crippen molar-refractivity contribution in [2.75, 3.05) is 11.9 Å². The van der Waals surface area contributed by atoms with Crippen LogP contribution in [0.15, 0.2) is 0 Å². The highest BCUT2D eigenvalue weighted by Crippen LogP contribution is 2.30. The first-order valence-corrected chi connectivity index (χ1v) is 7.13. The lowest BCUT2D eigenvalue weighted by Crippen LogP contribution is -2.40. The van der Waals surface area contributed by atoms with Gasteiger partial charge in [0.25, 0.3) is 0 Å². The van der Waals surface area contributed by atoms with Crippen molar-refractivity contribution in [3.63, 3.8) is 0 Å². The second kappa shape index (κ2) is 5.32. The van der Waals surface area contributed by atoms with Crippen LogP contribution in [0.3, 0.4) is 0 Å². The Bertz CT molecular complexity index is 342. The molecule has 90 valence electrons. The third kappa shape index (κ3) is 2.48. The molecular formula is C11H18ClN3S. The van der Waals surface area contributed by atoms with Crippen LogP contribution in [-0.4, -0.2) is 27.8 Å². The van der Waals surface area contributed by atoms with Gasteiger partial charge in [0, 0.05) is 31.0 Å². The van der Waals surface area contributed by atoms with Gasteiger partial charge in [-0.15, -0.1) is 11.6 Å². The van der Waals surface area contributed by atoms with E-state index < -0.39 is 0 Å². The standard InChI is InChI=1S/C11H18ClN3S/c1-3-10-13-11(16-14-10)15(2)9-7-5-4-6-8(9)12/h8-9H,3-7H2,1-2H3. The molecule has 1 aromatic rings. The molecule has 1 aromatic heterocycles. The zero-order valence-electron chi connectivity index (χ0n) is 9.82. The largest absolute Gasteiger partial charge is 0.345 e. The second-order valence-electron chi connectivity index (χ2n) is 4.33. The summed E-state index contributed by atoms with van der Waals surface area (Å²) in [4.78, 5) is 6.73.